The van der Waals surface area contributed by atoms with Crippen molar-refractivity contribution in [1.29, 1.82) is 0 Å². The molecule has 0 aliphatic rings. The van der Waals surface area contributed by atoms with Crippen molar-refractivity contribution < 1.29 is 14.6 Å². The van der Waals surface area contributed by atoms with E-state index >= 15 is 0 Å². The monoisotopic (exact) mass is 301 g/mol. The maximum absolute atomic E-state index is 12.4. The van der Waals surface area contributed by atoms with Crippen LogP contribution in [0.5, 0.6) is 5.75 Å². The van der Waals surface area contributed by atoms with Crippen LogP contribution < -0.4 is 10.3 Å². The first kappa shape index (κ1) is 15.8. The third-order valence-corrected chi connectivity index (χ3v) is 3.35. The summed E-state index contributed by atoms with van der Waals surface area (Å²) in [7, 11) is 0. The van der Waals surface area contributed by atoms with Crippen LogP contribution in [-0.4, -0.2) is 22.2 Å². The molecule has 22 heavy (non-hydrogen) atoms. The molecule has 0 radical (unpaired) electrons. The number of ether oxygens (including phenoxy) is 1. The van der Waals surface area contributed by atoms with Crippen LogP contribution in [0.25, 0.3) is 11.3 Å². The predicted molar refractivity (Wildman–Crippen MR) is 84.3 cm³/mol. The Morgan fingerprint density at radius 2 is 2.00 bits per heavy atom. The molecular weight excluding hydrogens is 282 g/mol. The largest absolute Gasteiger partial charge is 0.494 e. The van der Waals surface area contributed by atoms with E-state index < -0.39 is 5.97 Å². The smallest absolute Gasteiger partial charge is 0.308 e. The molecule has 1 heterocycles. The van der Waals surface area contributed by atoms with Crippen LogP contribution in [-0.2, 0) is 17.8 Å². The Morgan fingerprint density at radius 1 is 1.23 bits per heavy atom. The van der Waals surface area contributed by atoms with Crippen LogP contribution in [0, 0.1) is 0 Å². The third kappa shape index (κ3) is 3.36. The van der Waals surface area contributed by atoms with Gasteiger partial charge in [-0.3, -0.25) is 9.59 Å². The number of benzene rings is 1. The van der Waals surface area contributed by atoms with Crippen LogP contribution in [0.15, 0.2) is 41.2 Å². The van der Waals surface area contributed by atoms with Crippen molar-refractivity contribution in [3.8, 4) is 17.0 Å². The van der Waals surface area contributed by atoms with E-state index in [-0.39, 0.29) is 12.0 Å². The number of rotatable bonds is 6. The SMILES string of the molecule is CCOc1cccc(-c2ccc(CC(=O)O)c(=O)n2CC)c1. The lowest BCUT2D eigenvalue weighted by Crippen LogP contribution is -2.25. The van der Waals surface area contributed by atoms with E-state index in [1.54, 1.807) is 16.7 Å². The highest BCUT2D eigenvalue weighted by atomic mass is 16.5. The van der Waals surface area contributed by atoms with Crippen molar-refractivity contribution >= 4 is 5.97 Å². The average molecular weight is 301 g/mol. The van der Waals surface area contributed by atoms with Gasteiger partial charge < -0.3 is 14.4 Å². The number of nitrogens with zero attached hydrogens (tertiary/aromatic N) is 1. The van der Waals surface area contributed by atoms with E-state index in [9.17, 15) is 9.59 Å². The summed E-state index contributed by atoms with van der Waals surface area (Å²) in [5.74, 6) is -0.268. The zero-order valence-corrected chi connectivity index (χ0v) is 12.7. The molecule has 0 fully saturated rings. The number of hydrogen-bond acceptors (Lipinski definition) is 3. The highest BCUT2D eigenvalue weighted by Gasteiger charge is 2.12. The molecule has 0 spiro atoms. The Balaban J connectivity index is 2.51. The molecule has 0 bridgehead atoms. The van der Waals surface area contributed by atoms with E-state index in [0.717, 1.165) is 17.0 Å². The Bertz CT molecular complexity index is 734. The normalized spacial score (nSPS) is 10.5. The van der Waals surface area contributed by atoms with Gasteiger partial charge in [0.05, 0.1) is 18.7 Å². The number of carbonyl (C=O) groups is 1. The molecule has 0 aliphatic carbocycles. The first-order valence-corrected chi connectivity index (χ1v) is 7.24. The minimum atomic E-state index is -1.01. The van der Waals surface area contributed by atoms with Crippen LogP contribution in [0.4, 0.5) is 0 Å². The molecule has 2 rings (SSSR count). The molecule has 0 saturated carbocycles. The van der Waals surface area contributed by atoms with Gasteiger partial charge in [0.25, 0.3) is 5.56 Å². The van der Waals surface area contributed by atoms with Crippen LogP contribution >= 0.6 is 0 Å². The summed E-state index contributed by atoms with van der Waals surface area (Å²) in [6.45, 7) is 4.82. The van der Waals surface area contributed by atoms with Gasteiger partial charge in [-0.2, -0.15) is 0 Å². The van der Waals surface area contributed by atoms with Gasteiger partial charge in [0.2, 0.25) is 0 Å². The molecule has 0 amide bonds. The molecule has 0 unspecified atom stereocenters. The van der Waals surface area contributed by atoms with Gasteiger partial charge in [-0.25, -0.2) is 0 Å². The van der Waals surface area contributed by atoms with Gasteiger partial charge in [0, 0.05) is 17.7 Å². The second-order valence-corrected chi connectivity index (χ2v) is 4.82. The van der Waals surface area contributed by atoms with Crippen LogP contribution in [0.3, 0.4) is 0 Å². The molecule has 1 aromatic carbocycles. The summed E-state index contributed by atoms with van der Waals surface area (Å²) < 4.78 is 7.07. The summed E-state index contributed by atoms with van der Waals surface area (Å²) in [6.07, 6.45) is -0.266. The lowest BCUT2D eigenvalue weighted by molar-refractivity contribution is -0.136. The summed E-state index contributed by atoms with van der Waals surface area (Å²) in [4.78, 5) is 23.2. The van der Waals surface area contributed by atoms with E-state index in [1.165, 1.54) is 0 Å². The second-order valence-electron chi connectivity index (χ2n) is 4.82. The van der Waals surface area contributed by atoms with E-state index in [4.69, 9.17) is 9.84 Å². The van der Waals surface area contributed by atoms with Gasteiger partial charge in [0.1, 0.15) is 5.75 Å². The van der Waals surface area contributed by atoms with E-state index in [1.807, 2.05) is 38.1 Å². The third-order valence-electron chi connectivity index (χ3n) is 3.35. The van der Waals surface area contributed by atoms with Crippen molar-refractivity contribution in [2.45, 2.75) is 26.8 Å². The van der Waals surface area contributed by atoms with E-state index in [0.29, 0.717) is 18.7 Å². The lowest BCUT2D eigenvalue weighted by Gasteiger charge is -2.13. The van der Waals surface area contributed by atoms with Gasteiger partial charge in [-0.1, -0.05) is 18.2 Å². The van der Waals surface area contributed by atoms with Gasteiger partial charge in [-0.05, 0) is 32.0 Å². The highest BCUT2D eigenvalue weighted by Crippen LogP contribution is 2.23. The minimum absolute atomic E-state index is 0.260. The van der Waals surface area contributed by atoms with Crippen molar-refractivity contribution in [3.63, 3.8) is 0 Å². The summed E-state index contributed by atoms with van der Waals surface area (Å²) >= 11 is 0. The van der Waals surface area contributed by atoms with Gasteiger partial charge in [0.15, 0.2) is 0 Å². The topological polar surface area (TPSA) is 68.5 Å². The highest BCUT2D eigenvalue weighted by molar-refractivity contribution is 5.70. The molecular formula is C17H19NO4. The van der Waals surface area contributed by atoms with Crippen LogP contribution in [0.1, 0.15) is 19.4 Å². The first-order chi connectivity index (χ1) is 10.6. The molecule has 0 saturated heterocycles. The number of hydrogen-bond donors (Lipinski definition) is 1. The van der Waals surface area contributed by atoms with Crippen molar-refractivity contribution in [2.24, 2.45) is 0 Å². The maximum atomic E-state index is 12.4. The van der Waals surface area contributed by atoms with E-state index in [2.05, 4.69) is 0 Å². The van der Waals surface area contributed by atoms with Crippen molar-refractivity contribution in [3.05, 3.63) is 52.3 Å². The molecule has 5 heteroatoms. The molecule has 0 aliphatic heterocycles. The molecule has 1 aromatic heterocycles. The fourth-order valence-corrected chi connectivity index (χ4v) is 2.40. The zero-order valence-electron chi connectivity index (χ0n) is 12.7. The summed E-state index contributed by atoms with van der Waals surface area (Å²) in [5, 5.41) is 8.87. The Kier molecular flexibility index (Phi) is 4.99. The second kappa shape index (κ2) is 6.93. The molecule has 5 nitrogen and oxygen atoms in total. The van der Waals surface area contributed by atoms with Crippen molar-refractivity contribution in [1.82, 2.24) is 4.57 Å². The summed E-state index contributed by atoms with van der Waals surface area (Å²) in [6, 6.07) is 10.9. The molecule has 1 N–H and O–H groups in total. The lowest BCUT2D eigenvalue weighted by atomic mass is 10.1. The maximum Gasteiger partial charge on any atom is 0.308 e. The number of carboxylic acid groups (broad SMARTS) is 1. The minimum Gasteiger partial charge on any atom is -0.494 e. The first-order valence-electron chi connectivity index (χ1n) is 7.24. The van der Waals surface area contributed by atoms with Crippen molar-refractivity contribution in [2.75, 3.05) is 6.61 Å². The molecule has 116 valence electrons. The Labute approximate surface area is 128 Å². The average Bonchev–Trinajstić information content (AvgIpc) is 2.49. The van der Waals surface area contributed by atoms with Gasteiger partial charge >= 0.3 is 5.97 Å². The Hall–Kier alpha value is -2.56. The quantitative estimate of drug-likeness (QED) is 0.890. The fraction of sp³-hybridized carbons (Fsp3) is 0.294. The number of carboxylic acids is 1. The molecule has 0 atom stereocenters. The number of aromatic nitrogens is 1. The standard InChI is InChI=1S/C17H19NO4/c1-3-18-15(9-8-13(17(18)21)11-16(19)20)12-6-5-7-14(10-12)22-4-2/h5-10H,3-4,11H2,1-2H3,(H,19,20). The fourth-order valence-electron chi connectivity index (χ4n) is 2.40. The number of pyridine rings is 1. The summed E-state index contributed by atoms with van der Waals surface area (Å²) in [5.41, 5.74) is 1.65. The number of aliphatic carboxylic acids is 1. The van der Waals surface area contributed by atoms with Gasteiger partial charge in [-0.15, -0.1) is 0 Å². The van der Waals surface area contributed by atoms with Crippen LogP contribution in [0.2, 0.25) is 0 Å². The predicted octanol–water partition coefficient (Wildman–Crippen LogP) is 2.56. The zero-order chi connectivity index (χ0) is 16.1. The Morgan fingerprint density at radius 3 is 2.64 bits per heavy atom. The molecule has 2 aromatic rings.